The predicted molar refractivity (Wildman–Crippen MR) is 119 cm³/mol. The predicted octanol–water partition coefficient (Wildman–Crippen LogP) is 2.89. The molecule has 1 aromatic heterocycles. The first kappa shape index (κ1) is 20.9. The van der Waals surface area contributed by atoms with Crippen molar-refractivity contribution in [2.45, 2.75) is 17.1 Å². The van der Waals surface area contributed by atoms with E-state index < -0.39 is 10.0 Å². The van der Waals surface area contributed by atoms with Crippen molar-refractivity contribution in [2.75, 3.05) is 31.9 Å². The van der Waals surface area contributed by atoms with Gasteiger partial charge < -0.3 is 9.88 Å². The van der Waals surface area contributed by atoms with Crippen molar-refractivity contribution in [3.63, 3.8) is 0 Å². The number of carbonyl (C=O) groups is 1. The van der Waals surface area contributed by atoms with E-state index in [0.717, 1.165) is 16.9 Å². The number of H-pyrrole nitrogens is 1. The second kappa shape index (κ2) is 8.79. The standard InChI is InChI=1S/C21H24N4O3S2/c1-16(21-22-18-9-5-6-10-19(18)23-21)29-15-20(26)24-11-13-25(14-12-24)30(27,28)17-7-3-2-4-8-17/h2-10,16H,11-15H2,1H3,(H,22,23). The number of fused-ring (bicyclic) bond motifs is 1. The monoisotopic (exact) mass is 444 g/mol. The van der Waals surface area contributed by atoms with Crippen molar-refractivity contribution < 1.29 is 13.2 Å². The zero-order chi connectivity index (χ0) is 21.1. The molecule has 1 amide bonds. The number of hydrogen-bond acceptors (Lipinski definition) is 5. The van der Waals surface area contributed by atoms with Crippen LogP contribution < -0.4 is 0 Å². The van der Waals surface area contributed by atoms with Crippen molar-refractivity contribution in [1.82, 2.24) is 19.2 Å². The van der Waals surface area contributed by atoms with Gasteiger partial charge in [-0.3, -0.25) is 4.79 Å². The van der Waals surface area contributed by atoms with Crippen molar-refractivity contribution >= 4 is 38.7 Å². The Labute approximate surface area is 180 Å². The lowest BCUT2D eigenvalue weighted by molar-refractivity contribution is -0.129. The fourth-order valence-electron chi connectivity index (χ4n) is 3.45. The molecule has 0 bridgehead atoms. The van der Waals surface area contributed by atoms with Crippen LogP contribution in [0.4, 0.5) is 0 Å². The Balaban J connectivity index is 1.30. The summed E-state index contributed by atoms with van der Waals surface area (Å²) in [6.07, 6.45) is 0. The summed E-state index contributed by atoms with van der Waals surface area (Å²) in [6, 6.07) is 16.3. The molecule has 9 heteroatoms. The molecule has 1 fully saturated rings. The number of hydrogen-bond donors (Lipinski definition) is 1. The minimum atomic E-state index is -3.51. The molecule has 0 radical (unpaired) electrons. The highest BCUT2D eigenvalue weighted by Crippen LogP contribution is 2.28. The quantitative estimate of drug-likeness (QED) is 0.632. The number of nitrogens with zero attached hydrogens (tertiary/aromatic N) is 3. The molecule has 2 aromatic carbocycles. The van der Waals surface area contributed by atoms with Crippen LogP contribution in [-0.4, -0.2) is 65.4 Å². The van der Waals surface area contributed by atoms with Gasteiger partial charge in [0.1, 0.15) is 5.82 Å². The van der Waals surface area contributed by atoms with Gasteiger partial charge in [0.05, 0.1) is 26.9 Å². The first-order chi connectivity index (χ1) is 14.4. The molecule has 2 heterocycles. The molecule has 1 aliphatic heterocycles. The van der Waals surface area contributed by atoms with Crippen LogP contribution in [0.3, 0.4) is 0 Å². The molecule has 1 atom stereocenters. The van der Waals surface area contributed by atoms with E-state index in [2.05, 4.69) is 9.97 Å². The highest BCUT2D eigenvalue weighted by molar-refractivity contribution is 8.00. The van der Waals surface area contributed by atoms with E-state index in [1.165, 1.54) is 16.1 Å². The van der Waals surface area contributed by atoms with Crippen LogP contribution in [-0.2, 0) is 14.8 Å². The molecule has 7 nitrogen and oxygen atoms in total. The summed E-state index contributed by atoms with van der Waals surface area (Å²) >= 11 is 1.53. The van der Waals surface area contributed by atoms with Crippen LogP contribution in [0.2, 0.25) is 0 Å². The third-order valence-corrected chi connectivity index (χ3v) is 8.27. The van der Waals surface area contributed by atoms with E-state index in [1.54, 1.807) is 35.2 Å². The molecule has 0 aliphatic carbocycles. The molecule has 0 spiro atoms. The van der Waals surface area contributed by atoms with Crippen LogP contribution in [0.15, 0.2) is 59.5 Å². The second-order valence-corrected chi connectivity index (χ2v) is 10.5. The number of para-hydroxylation sites is 2. The number of nitrogens with one attached hydrogen (secondary N) is 1. The second-order valence-electron chi connectivity index (χ2n) is 7.19. The van der Waals surface area contributed by atoms with Gasteiger partial charge in [-0.1, -0.05) is 30.3 Å². The number of piperazine rings is 1. The maximum Gasteiger partial charge on any atom is 0.243 e. The van der Waals surface area contributed by atoms with Gasteiger partial charge in [0.2, 0.25) is 15.9 Å². The molecule has 3 aromatic rings. The highest BCUT2D eigenvalue weighted by Gasteiger charge is 2.30. The summed E-state index contributed by atoms with van der Waals surface area (Å²) in [4.78, 5) is 22.6. The summed E-state index contributed by atoms with van der Waals surface area (Å²) in [5.41, 5.74) is 1.91. The molecule has 1 aliphatic rings. The Morgan fingerprint density at radius 3 is 2.43 bits per heavy atom. The minimum absolute atomic E-state index is 0.0275. The molecule has 1 saturated heterocycles. The Kier molecular flexibility index (Phi) is 6.12. The fraction of sp³-hybridized carbons (Fsp3) is 0.333. The number of rotatable bonds is 6. The average Bonchev–Trinajstić information content (AvgIpc) is 3.22. The van der Waals surface area contributed by atoms with Gasteiger partial charge in [0.25, 0.3) is 0 Å². The normalized spacial score (nSPS) is 16.6. The molecule has 0 saturated carbocycles. The molecule has 4 rings (SSSR count). The Morgan fingerprint density at radius 1 is 1.07 bits per heavy atom. The van der Waals surface area contributed by atoms with Crippen LogP contribution in [0.1, 0.15) is 18.0 Å². The van der Waals surface area contributed by atoms with E-state index in [4.69, 9.17) is 0 Å². The highest BCUT2D eigenvalue weighted by atomic mass is 32.2. The summed E-state index contributed by atoms with van der Waals surface area (Å²) < 4.78 is 26.9. The van der Waals surface area contributed by atoms with E-state index in [0.29, 0.717) is 36.8 Å². The number of thioether (sulfide) groups is 1. The maximum atomic E-state index is 12.7. The van der Waals surface area contributed by atoms with E-state index >= 15 is 0 Å². The van der Waals surface area contributed by atoms with Crippen molar-refractivity contribution in [1.29, 1.82) is 0 Å². The van der Waals surface area contributed by atoms with Gasteiger partial charge in [0.15, 0.2) is 0 Å². The first-order valence-corrected chi connectivity index (χ1v) is 12.3. The van der Waals surface area contributed by atoms with Crippen molar-refractivity contribution in [2.24, 2.45) is 0 Å². The van der Waals surface area contributed by atoms with Gasteiger partial charge in [-0.2, -0.15) is 4.31 Å². The summed E-state index contributed by atoms with van der Waals surface area (Å²) in [5.74, 6) is 1.22. The molecule has 1 N–H and O–H groups in total. The van der Waals surface area contributed by atoms with Crippen LogP contribution in [0.5, 0.6) is 0 Å². The largest absolute Gasteiger partial charge is 0.341 e. The van der Waals surface area contributed by atoms with Gasteiger partial charge in [0, 0.05) is 26.2 Å². The SMILES string of the molecule is CC(SCC(=O)N1CCN(S(=O)(=O)c2ccccc2)CC1)c1nc2ccccc2[nH]1. The number of benzene rings is 2. The van der Waals surface area contributed by atoms with Crippen LogP contribution in [0.25, 0.3) is 11.0 Å². The lowest BCUT2D eigenvalue weighted by Crippen LogP contribution is -2.51. The fourth-order valence-corrected chi connectivity index (χ4v) is 5.74. The average molecular weight is 445 g/mol. The summed E-state index contributed by atoms with van der Waals surface area (Å²) in [6.45, 7) is 3.47. The maximum absolute atomic E-state index is 12.7. The van der Waals surface area contributed by atoms with Gasteiger partial charge in [-0.05, 0) is 31.2 Å². The zero-order valence-corrected chi connectivity index (χ0v) is 18.3. The molecule has 1 unspecified atom stereocenters. The number of amides is 1. The molecule has 30 heavy (non-hydrogen) atoms. The van der Waals surface area contributed by atoms with Crippen molar-refractivity contribution in [3.05, 3.63) is 60.4 Å². The number of aromatic nitrogens is 2. The Morgan fingerprint density at radius 2 is 1.73 bits per heavy atom. The van der Waals surface area contributed by atoms with Gasteiger partial charge in [-0.15, -0.1) is 11.8 Å². The molecule has 158 valence electrons. The first-order valence-electron chi connectivity index (χ1n) is 9.84. The zero-order valence-electron chi connectivity index (χ0n) is 16.7. The number of imidazole rings is 1. The lowest BCUT2D eigenvalue weighted by atomic mass is 10.3. The number of aromatic amines is 1. The van der Waals surface area contributed by atoms with E-state index in [1.807, 2.05) is 31.2 Å². The minimum Gasteiger partial charge on any atom is -0.341 e. The molecular weight excluding hydrogens is 420 g/mol. The Hall–Kier alpha value is -2.36. The topological polar surface area (TPSA) is 86.4 Å². The van der Waals surface area contributed by atoms with Crippen molar-refractivity contribution in [3.8, 4) is 0 Å². The van der Waals surface area contributed by atoms with E-state index in [-0.39, 0.29) is 11.2 Å². The third kappa shape index (κ3) is 4.38. The van der Waals surface area contributed by atoms with Crippen LogP contribution >= 0.6 is 11.8 Å². The number of sulfonamides is 1. The van der Waals surface area contributed by atoms with Crippen LogP contribution in [0, 0.1) is 0 Å². The third-order valence-electron chi connectivity index (χ3n) is 5.22. The summed E-state index contributed by atoms with van der Waals surface area (Å²) in [7, 11) is -3.51. The molecular formula is C21H24N4O3S2. The van der Waals surface area contributed by atoms with E-state index in [9.17, 15) is 13.2 Å². The lowest BCUT2D eigenvalue weighted by Gasteiger charge is -2.34. The Bertz CT molecular complexity index is 1090. The summed E-state index contributed by atoms with van der Waals surface area (Å²) in [5, 5.41) is 0.0566. The van der Waals surface area contributed by atoms with Gasteiger partial charge in [-0.25, -0.2) is 13.4 Å². The smallest absolute Gasteiger partial charge is 0.243 e. The number of carbonyl (C=O) groups excluding carboxylic acids is 1. The van der Waals surface area contributed by atoms with Gasteiger partial charge >= 0.3 is 0 Å².